The Morgan fingerprint density at radius 1 is 1.04 bits per heavy atom. The molecule has 0 saturated heterocycles. The van der Waals surface area contributed by atoms with Crippen molar-refractivity contribution >= 4 is 29.2 Å². The first-order valence-corrected chi connectivity index (χ1v) is 8.06. The second-order valence-electron chi connectivity index (χ2n) is 6.47. The van der Waals surface area contributed by atoms with Crippen molar-refractivity contribution in [1.29, 1.82) is 0 Å². The zero-order chi connectivity index (χ0) is 18.6. The minimum Gasteiger partial charge on any atom is -0.465 e. The molecule has 0 bridgehead atoms. The van der Waals surface area contributed by atoms with Gasteiger partial charge in [-0.25, -0.2) is 4.79 Å². The molecule has 0 saturated carbocycles. The number of halogens is 1. The van der Waals surface area contributed by atoms with E-state index in [-0.39, 0.29) is 5.91 Å². The van der Waals surface area contributed by atoms with Crippen LogP contribution in [0.3, 0.4) is 0 Å². The van der Waals surface area contributed by atoms with Gasteiger partial charge in [0, 0.05) is 11.1 Å². The molecule has 2 rings (SSSR count). The Labute approximate surface area is 151 Å². The Morgan fingerprint density at radius 3 is 2.20 bits per heavy atom. The fourth-order valence-corrected chi connectivity index (χ4v) is 2.10. The lowest BCUT2D eigenvalue weighted by Crippen LogP contribution is -2.27. The van der Waals surface area contributed by atoms with Gasteiger partial charge in [0.1, 0.15) is 11.5 Å². The number of nitrogens with one attached hydrogen (secondary N) is 1. The SMILES string of the molecule is COC(=O)c1ccc(Oc2ccc(NC(=O)C(C)(C)C)cc2Cl)cc1. The third kappa shape index (κ3) is 4.97. The summed E-state index contributed by atoms with van der Waals surface area (Å²) in [6.45, 7) is 5.50. The van der Waals surface area contributed by atoms with E-state index < -0.39 is 11.4 Å². The van der Waals surface area contributed by atoms with Gasteiger partial charge in [0.15, 0.2) is 0 Å². The van der Waals surface area contributed by atoms with E-state index >= 15 is 0 Å². The largest absolute Gasteiger partial charge is 0.465 e. The van der Waals surface area contributed by atoms with Crippen LogP contribution in [0.1, 0.15) is 31.1 Å². The molecule has 0 aromatic heterocycles. The lowest BCUT2D eigenvalue weighted by molar-refractivity contribution is -0.123. The average molecular weight is 362 g/mol. The quantitative estimate of drug-likeness (QED) is 0.786. The van der Waals surface area contributed by atoms with Crippen molar-refractivity contribution in [2.45, 2.75) is 20.8 Å². The van der Waals surface area contributed by atoms with Gasteiger partial charge in [0.2, 0.25) is 5.91 Å². The highest BCUT2D eigenvalue weighted by Gasteiger charge is 2.21. The fraction of sp³-hybridized carbons (Fsp3) is 0.263. The third-order valence-electron chi connectivity index (χ3n) is 3.37. The molecule has 0 aliphatic rings. The van der Waals surface area contributed by atoms with Gasteiger partial charge in [-0.1, -0.05) is 32.4 Å². The summed E-state index contributed by atoms with van der Waals surface area (Å²) < 4.78 is 10.4. The Hall–Kier alpha value is -2.53. The number of rotatable bonds is 4. The summed E-state index contributed by atoms with van der Waals surface area (Å²) in [5.41, 5.74) is 0.530. The molecule has 0 aliphatic carbocycles. The molecule has 1 N–H and O–H groups in total. The van der Waals surface area contributed by atoms with Gasteiger partial charge in [0.25, 0.3) is 0 Å². The molecule has 0 heterocycles. The standard InChI is InChI=1S/C19H20ClNO4/c1-19(2,3)18(23)21-13-7-10-16(15(20)11-13)25-14-8-5-12(6-9-14)17(22)24-4/h5-11H,1-4H3,(H,21,23). The summed E-state index contributed by atoms with van der Waals surface area (Å²) in [4.78, 5) is 23.4. The summed E-state index contributed by atoms with van der Waals surface area (Å²) in [6, 6.07) is 11.5. The second-order valence-corrected chi connectivity index (χ2v) is 6.87. The summed E-state index contributed by atoms with van der Waals surface area (Å²) in [5, 5.41) is 3.17. The number of hydrogen-bond donors (Lipinski definition) is 1. The Morgan fingerprint density at radius 2 is 1.68 bits per heavy atom. The Bertz CT molecular complexity index is 779. The topological polar surface area (TPSA) is 64.6 Å². The lowest BCUT2D eigenvalue weighted by atomic mass is 9.95. The molecule has 1 amide bonds. The monoisotopic (exact) mass is 361 g/mol. The van der Waals surface area contributed by atoms with E-state index in [0.717, 1.165) is 0 Å². The molecule has 2 aromatic carbocycles. The number of esters is 1. The third-order valence-corrected chi connectivity index (χ3v) is 3.67. The first-order valence-electron chi connectivity index (χ1n) is 7.68. The zero-order valence-electron chi connectivity index (χ0n) is 14.6. The van der Waals surface area contributed by atoms with Crippen molar-refractivity contribution in [2.24, 2.45) is 5.41 Å². The molecule has 2 aromatic rings. The summed E-state index contributed by atoms with van der Waals surface area (Å²) >= 11 is 6.23. The van der Waals surface area contributed by atoms with Crippen molar-refractivity contribution in [3.63, 3.8) is 0 Å². The minimum atomic E-state index is -0.497. The highest BCUT2D eigenvalue weighted by molar-refractivity contribution is 6.32. The van der Waals surface area contributed by atoms with Gasteiger partial charge in [-0.3, -0.25) is 4.79 Å². The number of carbonyl (C=O) groups excluding carboxylic acids is 2. The zero-order valence-corrected chi connectivity index (χ0v) is 15.3. The van der Waals surface area contributed by atoms with Gasteiger partial charge < -0.3 is 14.8 Å². The molecule has 0 radical (unpaired) electrons. The lowest BCUT2D eigenvalue weighted by Gasteiger charge is -2.18. The van der Waals surface area contributed by atoms with Crippen LogP contribution in [0.15, 0.2) is 42.5 Å². The highest BCUT2D eigenvalue weighted by atomic mass is 35.5. The van der Waals surface area contributed by atoms with Crippen LogP contribution in [-0.4, -0.2) is 19.0 Å². The van der Waals surface area contributed by atoms with Crippen LogP contribution < -0.4 is 10.1 Å². The van der Waals surface area contributed by atoms with Gasteiger partial charge in [-0.2, -0.15) is 0 Å². The first-order chi connectivity index (χ1) is 11.7. The van der Waals surface area contributed by atoms with E-state index in [1.165, 1.54) is 7.11 Å². The molecule has 6 heteroatoms. The number of carbonyl (C=O) groups is 2. The average Bonchev–Trinajstić information content (AvgIpc) is 2.56. The smallest absolute Gasteiger partial charge is 0.337 e. The van der Waals surface area contributed by atoms with Crippen molar-refractivity contribution in [1.82, 2.24) is 0 Å². The van der Waals surface area contributed by atoms with Crippen molar-refractivity contribution in [2.75, 3.05) is 12.4 Å². The number of anilines is 1. The number of methoxy groups -OCH3 is 1. The maximum Gasteiger partial charge on any atom is 0.337 e. The van der Waals surface area contributed by atoms with Crippen LogP contribution in [0.4, 0.5) is 5.69 Å². The van der Waals surface area contributed by atoms with Gasteiger partial charge in [0.05, 0.1) is 17.7 Å². The second kappa shape index (κ2) is 7.57. The van der Waals surface area contributed by atoms with Gasteiger partial charge in [-0.05, 0) is 42.5 Å². The van der Waals surface area contributed by atoms with E-state index in [1.807, 2.05) is 20.8 Å². The van der Waals surface area contributed by atoms with E-state index in [4.69, 9.17) is 16.3 Å². The van der Waals surface area contributed by atoms with E-state index in [1.54, 1.807) is 42.5 Å². The van der Waals surface area contributed by atoms with E-state index in [0.29, 0.717) is 27.8 Å². The van der Waals surface area contributed by atoms with Crippen molar-refractivity contribution < 1.29 is 19.1 Å². The molecule has 5 nitrogen and oxygen atoms in total. The molecule has 0 fully saturated rings. The van der Waals surface area contributed by atoms with Crippen molar-refractivity contribution in [3.05, 3.63) is 53.1 Å². The minimum absolute atomic E-state index is 0.101. The first kappa shape index (κ1) is 18.8. The predicted octanol–water partition coefficient (Wildman–Crippen LogP) is 4.90. The number of ether oxygens (including phenoxy) is 2. The van der Waals surface area contributed by atoms with Gasteiger partial charge in [-0.15, -0.1) is 0 Å². The molecule has 0 atom stereocenters. The Kier molecular flexibility index (Phi) is 5.69. The van der Waals surface area contributed by atoms with Crippen LogP contribution in [0.2, 0.25) is 5.02 Å². The van der Waals surface area contributed by atoms with Crippen LogP contribution in [-0.2, 0) is 9.53 Å². The number of amides is 1. The molecular formula is C19H20ClNO4. The Balaban J connectivity index is 2.11. The predicted molar refractivity (Wildman–Crippen MR) is 97.4 cm³/mol. The van der Waals surface area contributed by atoms with E-state index in [9.17, 15) is 9.59 Å². The molecule has 25 heavy (non-hydrogen) atoms. The van der Waals surface area contributed by atoms with Crippen LogP contribution in [0, 0.1) is 5.41 Å². The summed E-state index contributed by atoms with van der Waals surface area (Å²) in [5.74, 6) is 0.460. The van der Waals surface area contributed by atoms with Crippen LogP contribution >= 0.6 is 11.6 Å². The molecule has 0 unspecified atom stereocenters. The normalized spacial score (nSPS) is 10.9. The summed E-state index contributed by atoms with van der Waals surface area (Å²) in [7, 11) is 1.33. The van der Waals surface area contributed by atoms with Gasteiger partial charge >= 0.3 is 5.97 Å². The number of hydrogen-bond acceptors (Lipinski definition) is 4. The van der Waals surface area contributed by atoms with E-state index in [2.05, 4.69) is 10.1 Å². The van der Waals surface area contributed by atoms with Crippen LogP contribution in [0.25, 0.3) is 0 Å². The highest BCUT2D eigenvalue weighted by Crippen LogP contribution is 2.32. The molecule has 0 spiro atoms. The molecule has 0 aliphatic heterocycles. The summed E-state index contributed by atoms with van der Waals surface area (Å²) in [6.07, 6.45) is 0. The number of benzene rings is 2. The fourth-order valence-electron chi connectivity index (χ4n) is 1.88. The molecular weight excluding hydrogens is 342 g/mol. The maximum atomic E-state index is 12.0. The maximum absolute atomic E-state index is 12.0. The van der Waals surface area contributed by atoms with Crippen molar-refractivity contribution in [3.8, 4) is 11.5 Å². The van der Waals surface area contributed by atoms with Crippen LogP contribution in [0.5, 0.6) is 11.5 Å². The molecule has 132 valence electrons.